The number of thiophene rings is 1. The second kappa shape index (κ2) is 14.0. The van der Waals surface area contributed by atoms with E-state index >= 15 is 0 Å². The molecule has 2 unspecified atom stereocenters. The van der Waals surface area contributed by atoms with Crippen LogP contribution in [0.4, 0.5) is 11.4 Å². The van der Waals surface area contributed by atoms with Gasteiger partial charge < -0.3 is 9.47 Å². The van der Waals surface area contributed by atoms with Gasteiger partial charge in [-0.3, -0.25) is 0 Å². The molecule has 2 atom stereocenters. The Bertz CT molecular complexity index is 3160. The summed E-state index contributed by atoms with van der Waals surface area (Å²) >= 11 is 1.90. The molecule has 2 aromatic heterocycles. The highest BCUT2D eigenvalue weighted by atomic mass is 32.1. The molecule has 59 heavy (non-hydrogen) atoms. The standard InChI is InChI=1S/C56H44N2S/c1-55(34-12-5-13-35-55)56(2)36-32-46(33-37-56)57(44-25-20-40(21-26-44)39-14-6-3-7-15-39)45-27-22-41(23-28-45)42-24-30-50-49(38-42)53-51(58(50)43-16-8-4-9-17-43)31-29-48-47-18-10-11-19-52(47)59-54(48)53/h3-34,36,38H,35,37H2,1-2H3. The lowest BCUT2D eigenvalue weighted by Crippen LogP contribution is -2.36. The molecule has 7 aromatic carbocycles. The summed E-state index contributed by atoms with van der Waals surface area (Å²) in [6.45, 7) is 4.81. The van der Waals surface area contributed by atoms with Crippen LogP contribution < -0.4 is 4.90 Å². The van der Waals surface area contributed by atoms with E-state index in [0.29, 0.717) is 0 Å². The number of benzene rings is 7. The van der Waals surface area contributed by atoms with Crippen LogP contribution in [0, 0.1) is 10.8 Å². The van der Waals surface area contributed by atoms with Crippen LogP contribution in [0.5, 0.6) is 0 Å². The fourth-order valence-electron chi connectivity index (χ4n) is 9.47. The summed E-state index contributed by atoms with van der Waals surface area (Å²) in [5.41, 5.74) is 12.1. The summed E-state index contributed by atoms with van der Waals surface area (Å²) in [6.07, 6.45) is 18.4. The molecule has 11 rings (SSSR count). The summed E-state index contributed by atoms with van der Waals surface area (Å²) < 4.78 is 5.10. The van der Waals surface area contributed by atoms with Gasteiger partial charge in [0.15, 0.2) is 0 Å². The minimum absolute atomic E-state index is 0.0220. The zero-order valence-electron chi connectivity index (χ0n) is 33.3. The lowest BCUT2D eigenvalue weighted by atomic mass is 9.60. The first-order chi connectivity index (χ1) is 29.0. The van der Waals surface area contributed by atoms with E-state index in [9.17, 15) is 0 Å². The molecule has 2 nitrogen and oxygen atoms in total. The average molecular weight is 777 g/mol. The highest BCUT2D eigenvalue weighted by Crippen LogP contribution is 2.51. The number of hydrogen-bond donors (Lipinski definition) is 0. The van der Waals surface area contributed by atoms with E-state index in [1.807, 2.05) is 11.3 Å². The Morgan fingerprint density at radius 3 is 1.85 bits per heavy atom. The van der Waals surface area contributed by atoms with E-state index < -0.39 is 0 Å². The van der Waals surface area contributed by atoms with Gasteiger partial charge in [-0.05, 0) is 113 Å². The van der Waals surface area contributed by atoms with E-state index in [1.54, 1.807) is 0 Å². The van der Waals surface area contributed by atoms with Gasteiger partial charge in [-0.25, -0.2) is 0 Å². The largest absolute Gasteiger partial charge is 0.311 e. The Morgan fingerprint density at radius 1 is 0.525 bits per heavy atom. The number of aromatic nitrogens is 1. The third kappa shape index (κ3) is 5.91. The molecule has 0 spiro atoms. The van der Waals surface area contributed by atoms with Crippen molar-refractivity contribution in [3.05, 3.63) is 212 Å². The van der Waals surface area contributed by atoms with Crippen molar-refractivity contribution in [2.45, 2.75) is 26.7 Å². The zero-order chi connectivity index (χ0) is 39.6. The van der Waals surface area contributed by atoms with Crippen molar-refractivity contribution in [1.29, 1.82) is 0 Å². The van der Waals surface area contributed by atoms with Crippen LogP contribution in [-0.2, 0) is 0 Å². The maximum atomic E-state index is 2.46. The topological polar surface area (TPSA) is 8.17 Å². The molecule has 0 radical (unpaired) electrons. The molecule has 0 amide bonds. The summed E-state index contributed by atoms with van der Waals surface area (Å²) in [6, 6.07) is 60.1. The number of allylic oxidation sites excluding steroid dienone is 7. The van der Waals surface area contributed by atoms with Crippen molar-refractivity contribution in [3.63, 3.8) is 0 Å². The first kappa shape index (κ1) is 35.5. The number of nitrogens with zero attached hydrogens (tertiary/aromatic N) is 2. The molecule has 0 N–H and O–H groups in total. The number of hydrogen-bond acceptors (Lipinski definition) is 2. The van der Waals surface area contributed by atoms with Crippen LogP contribution in [0.1, 0.15) is 26.7 Å². The van der Waals surface area contributed by atoms with E-state index in [4.69, 9.17) is 0 Å². The molecule has 284 valence electrons. The first-order valence-corrected chi connectivity index (χ1v) is 21.5. The SMILES string of the molecule is CC1(C2(C)C=CC(N(c3ccc(-c4ccccc4)cc3)c3ccc(-c4ccc5c(c4)c4c6sc7ccccc7c6ccc4n5-c4ccccc4)cc3)=CC2)C=CC=CC1. The van der Waals surface area contributed by atoms with E-state index in [0.717, 1.165) is 24.2 Å². The van der Waals surface area contributed by atoms with Crippen molar-refractivity contribution in [2.24, 2.45) is 10.8 Å². The number of anilines is 2. The molecule has 3 heteroatoms. The maximum absolute atomic E-state index is 2.46. The molecule has 0 fully saturated rings. The van der Waals surface area contributed by atoms with Gasteiger partial charge in [-0.15, -0.1) is 11.3 Å². The van der Waals surface area contributed by atoms with Gasteiger partial charge in [-0.1, -0.05) is 153 Å². The lowest BCUT2D eigenvalue weighted by molar-refractivity contribution is 0.183. The lowest BCUT2D eigenvalue weighted by Gasteiger charge is -2.45. The van der Waals surface area contributed by atoms with E-state index in [1.165, 1.54) is 75.6 Å². The fraction of sp³-hybridized carbons (Fsp3) is 0.107. The predicted molar refractivity (Wildman–Crippen MR) is 254 cm³/mol. The predicted octanol–water partition coefficient (Wildman–Crippen LogP) is 16.0. The van der Waals surface area contributed by atoms with Gasteiger partial charge in [0, 0.05) is 53.7 Å². The molecule has 0 bridgehead atoms. The molecular formula is C56H44N2S. The maximum Gasteiger partial charge on any atom is 0.0555 e. The quantitative estimate of drug-likeness (QED) is 0.156. The second-order valence-corrected chi connectivity index (χ2v) is 17.7. The zero-order valence-corrected chi connectivity index (χ0v) is 34.2. The highest BCUT2D eigenvalue weighted by molar-refractivity contribution is 7.26. The molecule has 0 saturated heterocycles. The minimum Gasteiger partial charge on any atom is -0.311 e. The van der Waals surface area contributed by atoms with Gasteiger partial charge in [0.1, 0.15) is 0 Å². The van der Waals surface area contributed by atoms with Crippen molar-refractivity contribution < 1.29 is 0 Å². The molecule has 2 aliphatic carbocycles. The molecular weight excluding hydrogens is 733 g/mol. The van der Waals surface area contributed by atoms with Crippen molar-refractivity contribution in [1.82, 2.24) is 4.57 Å². The Morgan fingerprint density at radius 2 is 1.15 bits per heavy atom. The van der Waals surface area contributed by atoms with Crippen LogP contribution in [0.25, 0.3) is 69.9 Å². The number of para-hydroxylation sites is 1. The molecule has 0 saturated carbocycles. The minimum atomic E-state index is 0.0220. The Labute approximate surface area is 350 Å². The normalized spacial score (nSPS) is 18.9. The van der Waals surface area contributed by atoms with Crippen LogP contribution in [0.2, 0.25) is 0 Å². The highest BCUT2D eigenvalue weighted by Gasteiger charge is 2.41. The molecule has 0 aliphatic heterocycles. The number of rotatable bonds is 7. The Balaban J connectivity index is 1.01. The van der Waals surface area contributed by atoms with Gasteiger partial charge in [-0.2, -0.15) is 0 Å². The van der Waals surface area contributed by atoms with Gasteiger partial charge in [0.25, 0.3) is 0 Å². The van der Waals surface area contributed by atoms with Crippen molar-refractivity contribution in [2.75, 3.05) is 4.90 Å². The third-order valence-electron chi connectivity index (χ3n) is 13.2. The van der Waals surface area contributed by atoms with Crippen molar-refractivity contribution >= 4 is 64.7 Å². The van der Waals surface area contributed by atoms with Crippen LogP contribution in [0.15, 0.2) is 212 Å². The molecule has 2 heterocycles. The van der Waals surface area contributed by atoms with Gasteiger partial charge in [0.2, 0.25) is 0 Å². The molecule has 9 aromatic rings. The van der Waals surface area contributed by atoms with Crippen molar-refractivity contribution in [3.8, 4) is 27.9 Å². The molecule has 2 aliphatic rings. The fourth-order valence-corrected chi connectivity index (χ4v) is 10.7. The number of fused-ring (bicyclic) bond motifs is 7. The third-order valence-corrected chi connectivity index (χ3v) is 14.4. The Hall–Kier alpha value is -6.68. The van der Waals surface area contributed by atoms with Crippen LogP contribution >= 0.6 is 11.3 Å². The first-order valence-electron chi connectivity index (χ1n) is 20.7. The van der Waals surface area contributed by atoms with Crippen LogP contribution in [-0.4, -0.2) is 4.57 Å². The summed E-state index contributed by atoms with van der Waals surface area (Å²) in [7, 11) is 0. The summed E-state index contributed by atoms with van der Waals surface area (Å²) in [4.78, 5) is 2.42. The second-order valence-electron chi connectivity index (χ2n) is 16.6. The summed E-state index contributed by atoms with van der Waals surface area (Å²) in [5, 5.41) is 5.25. The van der Waals surface area contributed by atoms with Gasteiger partial charge in [0.05, 0.1) is 11.0 Å². The van der Waals surface area contributed by atoms with E-state index in [-0.39, 0.29) is 10.8 Å². The Kier molecular flexibility index (Phi) is 8.42. The monoisotopic (exact) mass is 776 g/mol. The van der Waals surface area contributed by atoms with Gasteiger partial charge >= 0.3 is 0 Å². The van der Waals surface area contributed by atoms with Crippen LogP contribution in [0.3, 0.4) is 0 Å². The smallest absolute Gasteiger partial charge is 0.0555 e. The average Bonchev–Trinajstić information content (AvgIpc) is 3.84. The van der Waals surface area contributed by atoms with E-state index in [2.05, 4.69) is 230 Å². The summed E-state index contributed by atoms with van der Waals surface area (Å²) in [5.74, 6) is 0.